The quantitative estimate of drug-likeness (QED) is 0.519. The van der Waals surface area contributed by atoms with E-state index >= 15 is 0 Å². The van der Waals surface area contributed by atoms with E-state index in [2.05, 4.69) is 9.97 Å². The van der Waals surface area contributed by atoms with E-state index in [0.717, 1.165) is 44.7 Å². The third-order valence-corrected chi connectivity index (χ3v) is 4.91. The largest absolute Gasteiger partial charge is 0.490 e. The lowest BCUT2D eigenvalue weighted by atomic mass is 10.2. The molecule has 0 atom stereocenters. The van der Waals surface area contributed by atoms with Gasteiger partial charge in [-0.15, -0.1) is 0 Å². The topological polar surface area (TPSA) is 47.5 Å². The molecule has 8 heteroatoms. The number of hydrogen-bond donors (Lipinski definition) is 0. The van der Waals surface area contributed by atoms with Crippen molar-refractivity contribution in [2.75, 3.05) is 18.6 Å². The van der Waals surface area contributed by atoms with E-state index in [-0.39, 0.29) is 17.9 Å². The van der Waals surface area contributed by atoms with Crippen LogP contribution >= 0.6 is 0 Å². The standard InChI is InChI=1S/C21H26F3N3O2/c1-3-4-12-28-20-25-14-18(21(22,23)24)19(26-20)27(2)15-8-7-11-17(13-15)29-16-9-5-6-10-16/h7-8,11,13-14,16H,3-6,9-10,12H2,1-2H3. The average molecular weight is 409 g/mol. The Morgan fingerprint density at radius 1 is 1.21 bits per heavy atom. The van der Waals surface area contributed by atoms with Gasteiger partial charge in [0.15, 0.2) is 5.82 Å². The highest BCUT2D eigenvalue weighted by molar-refractivity contribution is 5.64. The Labute approximate surface area is 168 Å². The minimum Gasteiger partial charge on any atom is -0.490 e. The molecule has 1 aliphatic rings. The zero-order valence-electron chi connectivity index (χ0n) is 16.7. The fourth-order valence-electron chi connectivity index (χ4n) is 3.28. The van der Waals surface area contributed by atoms with Crippen LogP contribution in [0.25, 0.3) is 0 Å². The van der Waals surface area contributed by atoms with Crippen molar-refractivity contribution >= 4 is 11.5 Å². The first-order valence-corrected chi connectivity index (χ1v) is 9.96. The maximum Gasteiger partial charge on any atom is 0.421 e. The van der Waals surface area contributed by atoms with Crippen molar-refractivity contribution in [3.8, 4) is 11.8 Å². The van der Waals surface area contributed by atoms with E-state index in [1.165, 1.54) is 4.90 Å². The molecule has 1 saturated carbocycles. The molecule has 0 unspecified atom stereocenters. The minimum absolute atomic E-state index is 0.0633. The number of halogens is 3. The Hall–Kier alpha value is -2.51. The van der Waals surface area contributed by atoms with E-state index in [9.17, 15) is 13.2 Å². The molecule has 1 aliphatic carbocycles. The fourth-order valence-corrected chi connectivity index (χ4v) is 3.28. The molecule has 0 N–H and O–H groups in total. The van der Waals surface area contributed by atoms with Gasteiger partial charge >= 0.3 is 12.2 Å². The van der Waals surface area contributed by atoms with Crippen LogP contribution in [0.3, 0.4) is 0 Å². The fraction of sp³-hybridized carbons (Fsp3) is 0.524. The summed E-state index contributed by atoms with van der Waals surface area (Å²) in [6.45, 7) is 2.35. The summed E-state index contributed by atoms with van der Waals surface area (Å²) in [7, 11) is 1.54. The van der Waals surface area contributed by atoms with E-state index in [0.29, 0.717) is 18.0 Å². The molecule has 0 spiro atoms. The molecule has 1 aromatic heterocycles. The van der Waals surface area contributed by atoms with Gasteiger partial charge in [0.2, 0.25) is 0 Å². The smallest absolute Gasteiger partial charge is 0.421 e. The molecule has 5 nitrogen and oxygen atoms in total. The highest BCUT2D eigenvalue weighted by Gasteiger charge is 2.37. The van der Waals surface area contributed by atoms with Gasteiger partial charge in [0.05, 0.1) is 12.7 Å². The third-order valence-electron chi connectivity index (χ3n) is 4.91. The van der Waals surface area contributed by atoms with E-state index in [1.807, 2.05) is 13.0 Å². The summed E-state index contributed by atoms with van der Waals surface area (Å²) in [5.74, 6) is 0.389. The molecule has 0 amide bonds. The predicted molar refractivity (Wildman–Crippen MR) is 105 cm³/mol. The van der Waals surface area contributed by atoms with Crippen molar-refractivity contribution in [3.63, 3.8) is 0 Å². The Balaban J connectivity index is 1.87. The summed E-state index contributed by atoms with van der Waals surface area (Å²) in [5, 5.41) is 0. The first-order valence-electron chi connectivity index (χ1n) is 9.96. The number of ether oxygens (including phenoxy) is 2. The normalized spacial score (nSPS) is 14.8. The van der Waals surface area contributed by atoms with Gasteiger partial charge in [-0.05, 0) is 44.2 Å². The van der Waals surface area contributed by atoms with E-state index in [1.54, 1.807) is 25.2 Å². The summed E-state index contributed by atoms with van der Waals surface area (Å²) in [6.07, 6.45) is 2.33. The number of unbranched alkanes of at least 4 members (excludes halogenated alkanes) is 1. The second-order valence-corrected chi connectivity index (χ2v) is 7.17. The maximum atomic E-state index is 13.5. The van der Waals surface area contributed by atoms with Crippen molar-refractivity contribution in [1.29, 1.82) is 0 Å². The number of benzene rings is 1. The van der Waals surface area contributed by atoms with Crippen molar-refractivity contribution in [1.82, 2.24) is 9.97 Å². The lowest BCUT2D eigenvalue weighted by Crippen LogP contribution is -2.19. The highest BCUT2D eigenvalue weighted by atomic mass is 19.4. The van der Waals surface area contributed by atoms with Crippen LogP contribution in [0.1, 0.15) is 51.0 Å². The maximum absolute atomic E-state index is 13.5. The zero-order valence-corrected chi connectivity index (χ0v) is 16.7. The molecule has 1 aromatic carbocycles. The van der Waals surface area contributed by atoms with Gasteiger partial charge in [-0.3, -0.25) is 0 Å². The van der Waals surface area contributed by atoms with Crippen LogP contribution in [0, 0.1) is 0 Å². The van der Waals surface area contributed by atoms with Gasteiger partial charge in [-0.2, -0.15) is 18.2 Å². The molecule has 3 rings (SSSR count). The van der Waals surface area contributed by atoms with Gasteiger partial charge in [-0.25, -0.2) is 4.98 Å². The third kappa shape index (κ3) is 5.52. The second kappa shape index (κ2) is 9.33. The summed E-state index contributed by atoms with van der Waals surface area (Å²) < 4.78 is 52.0. The molecule has 158 valence electrons. The Morgan fingerprint density at radius 2 is 1.97 bits per heavy atom. The van der Waals surface area contributed by atoms with Gasteiger partial charge in [-0.1, -0.05) is 19.4 Å². The Kier molecular flexibility index (Phi) is 6.82. The van der Waals surface area contributed by atoms with Crippen LogP contribution in [0.2, 0.25) is 0 Å². The molecule has 1 fully saturated rings. The number of anilines is 2. The molecule has 0 aliphatic heterocycles. The molecule has 1 heterocycles. The van der Waals surface area contributed by atoms with Crippen LogP contribution in [0.15, 0.2) is 30.5 Å². The molecular weight excluding hydrogens is 383 g/mol. The predicted octanol–water partition coefficient (Wildman–Crippen LogP) is 5.76. The lowest BCUT2D eigenvalue weighted by molar-refractivity contribution is -0.137. The second-order valence-electron chi connectivity index (χ2n) is 7.17. The Bertz CT molecular complexity index is 808. The number of hydrogen-bond acceptors (Lipinski definition) is 5. The monoisotopic (exact) mass is 409 g/mol. The molecule has 2 aromatic rings. The Morgan fingerprint density at radius 3 is 2.66 bits per heavy atom. The van der Waals surface area contributed by atoms with Gasteiger partial charge < -0.3 is 14.4 Å². The van der Waals surface area contributed by atoms with Crippen molar-refractivity contribution in [2.45, 2.75) is 57.7 Å². The zero-order chi connectivity index (χ0) is 20.9. The van der Waals surface area contributed by atoms with E-state index < -0.39 is 11.7 Å². The molecular formula is C21H26F3N3O2. The SMILES string of the molecule is CCCCOc1ncc(C(F)(F)F)c(N(C)c2cccc(OC3CCCC3)c2)n1. The van der Waals surface area contributed by atoms with Crippen LogP contribution in [-0.2, 0) is 6.18 Å². The summed E-state index contributed by atoms with van der Waals surface area (Å²) in [4.78, 5) is 9.17. The van der Waals surface area contributed by atoms with Crippen LogP contribution in [0.4, 0.5) is 24.7 Å². The van der Waals surface area contributed by atoms with Crippen molar-refractivity contribution in [3.05, 3.63) is 36.0 Å². The average Bonchev–Trinajstić information content (AvgIpc) is 3.20. The number of nitrogens with zero attached hydrogens (tertiary/aromatic N) is 3. The van der Waals surface area contributed by atoms with Crippen LogP contribution in [0.5, 0.6) is 11.8 Å². The summed E-state index contributed by atoms with van der Waals surface area (Å²) >= 11 is 0. The lowest BCUT2D eigenvalue weighted by Gasteiger charge is -2.23. The van der Waals surface area contributed by atoms with E-state index in [4.69, 9.17) is 9.47 Å². The van der Waals surface area contributed by atoms with Crippen LogP contribution in [-0.4, -0.2) is 29.7 Å². The first kappa shape index (κ1) is 21.2. The number of rotatable bonds is 8. The first-order chi connectivity index (χ1) is 13.9. The van der Waals surface area contributed by atoms with Gasteiger partial charge in [0.1, 0.15) is 11.3 Å². The summed E-state index contributed by atoms with van der Waals surface area (Å²) in [5.41, 5.74) is -0.367. The summed E-state index contributed by atoms with van der Waals surface area (Å²) in [6, 6.07) is 6.98. The van der Waals surface area contributed by atoms with Gasteiger partial charge in [0, 0.05) is 25.0 Å². The number of alkyl halides is 3. The molecule has 0 bridgehead atoms. The van der Waals surface area contributed by atoms with Crippen molar-refractivity contribution < 1.29 is 22.6 Å². The highest BCUT2D eigenvalue weighted by Crippen LogP contribution is 2.38. The molecule has 29 heavy (non-hydrogen) atoms. The van der Waals surface area contributed by atoms with Crippen molar-refractivity contribution in [2.24, 2.45) is 0 Å². The minimum atomic E-state index is -4.58. The van der Waals surface area contributed by atoms with Gasteiger partial charge in [0.25, 0.3) is 0 Å². The molecule has 0 radical (unpaired) electrons. The number of aromatic nitrogens is 2. The molecule has 0 saturated heterocycles. The van der Waals surface area contributed by atoms with Crippen LogP contribution < -0.4 is 14.4 Å².